The Morgan fingerprint density at radius 3 is 2.52 bits per heavy atom. The second-order valence-corrected chi connectivity index (χ2v) is 6.95. The third-order valence-corrected chi connectivity index (χ3v) is 5.42. The third-order valence-electron chi connectivity index (χ3n) is 4.44. The Hall–Kier alpha value is -1.50. The van der Waals surface area contributed by atoms with Gasteiger partial charge in [0, 0.05) is 38.6 Å². The highest BCUT2D eigenvalue weighted by atomic mass is 32.1. The molecule has 6 heteroatoms. The Morgan fingerprint density at radius 2 is 1.87 bits per heavy atom. The lowest BCUT2D eigenvalue weighted by Crippen LogP contribution is -2.51. The Balaban J connectivity index is 1.57. The van der Waals surface area contributed by atoms with Crippen LogP contribution in [-0.4, -0.2) is 59.0 Å². The monoisotopic (exact) mass is 332 g/mol. The molecule has 1 fully saturated rings. The molecule has 1 N–H and O–H groups in total. The van der Waals surface area contributed by atoms with Gasteiger partial charge in [-0.15, -0.1) is 10.2 Å². The topological polar surface area (TPSA) is 52.5 Å². The van der Waals surface area contributed by atoms with E-state index >= 15 is 0 Å². The van der Waals surface area contributed by atoms with E-state index in [1.807, 2.05) is 6.07 Å². The zero-order valence-corrected chi connectivity index (χ0v) is 14.4. The molecule has 1 aromatic carbocycles. The summed E-state index contributed by atoms with van der Waals surface area (Å²) < 4.78 is 0. The quantitative estimate of drug-likeness (QED) is 0.877. The Morgan fingerprint density at radius 1 is 1.13 bits per heavy atom. The van der Waals surface area contributed by atoms with Crippen molar-refractivity contribution in [3.63, 3.8) is 0 Å². The van der Waals surface area contributed by atoms with Gasteiger partial charge in [0.1, 0.15) is 5.01 Å². The molecule has 0 radical (unpaired) electrons. The molecule has 23 heavy (non-hydrogen) atoms. The van der Waals surface area contributed by atoms with Crippen LogP contribution >= 0.6 is 11.3 Å². The summed E-state index contributed by atoms with van der Waals surface area (Å²) in [5.74, 6) is 0. The van der Waals surface area contributed by atoms with Crippen LogP contribution in [0.3, 0.4) is 0 Å². The minimum Gasteiger partial charge on any atom is -0.395 e. The molecule has 1 saturated heterocycles. The van der Waals surface area contributed by atoms with Crippen LogP contribution < -0.4 is 4.90 Å². The summed E-state index contributed by atoms with van der Waals surface area (Å²) in [4.78, 5) is 4.69. The predicted octanol–water partition coefficient (Wildman–Crippen LogP) is 2.02. The average molecular weight is 332 g/mol. The smallest absolute Gasteiger partial charge is 0.208 e. The molecule has 2 aromatic rings. The molecular weight excluding hydrogens is 308 g/mol. The van der Waals surface area contributed by atoms with Crippen molar-refractivity contribution >= 4 is 16.5 Å². The van der Waals surface area contributed by atoms with E-state index in [1.54, 1.807) is 11.3 Å². The number of aliphatic hydroxyl groups is 1. The van der Waals surface area contributed by atoms with Crippen LogP contribution in [0.5, 0.6) is 0 Å². The van der Waals surface area contributed by atoms with E-state index in [0.29, 0.717) is 6.04 Å². The summed E-state index contributed by atoms with van der Waals surface area (Å²) >= 11 is 1.69. The average Bonchev–Trinajstić information content (AvgIpc) is 3.06. The molecular formula is C17H24N4OS. The van der Waals surface area contributed by atoms with Gasteiger partial charge >= 0.3 is 0 Å². The number of rotatable bonds is 6. The van der Waals surface area contributed by atoms with Crippen LogP contribution in [0.15, 0.2) is 30.3 Å². The van der Waals surface area contributed by atoms with Gasteiger partial charge in [0.2, 0.25) is 5.13 Å². The predicted molar refractivity (Wildman–Crippen MR) is 94.1 cm³/mol. The van der Waals surface area contributed by atoms with Gasteiger partial charge in [0.15, 0.2) is 0 Å². The Kier molecular flexibility index (Phi) is 5.59. The molecule has 0 aliphatic carbocycles. The fraction of sp³-hybridized carbons (Fsp3) is 0.529. The first kappa shape index (κ1) is 16.4. The summed E-state index contributed by atoms with van der Waals surface area (Å²) in [5.41, 5.74) is 1.27. The lowest BCUT2D eigenvalue weighted by molar-refractivity contribution is 0.114. The molecule has 1 atom stereocenters. The van der Waals surface area contributed by atoms with Gasteiger partial charge in [0.25, 0.3) is 0 Å². The third kappa shape index (κ3) is 4.07. The summed E-state index contributed by atoms with van der Waals surface area (Å²) in [7, 11) is 0. The number of anilines is 1. The van der Waals surface area contributed by atoms with E-state index < -0.39 is 0 Å². The van der Waals surface area contributed by atoms with Gasteiger partial charge in [-0.05, 0) is 12.0 Å². The molecule has 2 heterocycles. The van der Waals surface area contributed by atoms with Gasteiger partial charge in [-0.1, -0.05) is 48.6 Å². The van der Waals surface area contributed by atoms with Gasteiger partial charge in [-0.3, -0.25) is 4.90 Å². The SMILES string of the molecule is CC[C@@H](CO)N1CCN(c2nnc(Cc3ccccc3)s2)CC1. The molecule has 0 spiro atoms. The molecule has 124 valence electrons. The normalized spacial score (nSPS) is 17.4. The number of hydrogen-bond donors (Lipinski definition) is 1. The van der Waals surface area contributed by atoms with E-state index in [0.717, 1.165) is 49.2 Å². The minimum absolute atomic E-state index is 0.247. The lowest BCUT2D eigenvalue weighted by Gasteiger charge is -2.38. The highest BCUT2D eigenvalue weighted by Crippen LogP contribution is 2.24. The number of aliphatic hydroxyl groups excluding tert-OH is 1. The summed E-state index contributed by atoms with van der Waals surface area (Å²) in [6, 6.07) is 10.7. The Labute approximate surface area is 141 Å². The maximum atomic E-state index is 9.43. The number of piperazine rings is 1. The number of benzene rings is 1. The van der Waals surface area contributed by atoms with Gasteiger partial charge < -0.3 is 10.0 Å². The van der Waals surface area contributed by atoms with Crippen molar-refractivity contribution in [2.45, 2.75) is 25.8 Å². The first-order chi connectivity index (χ1) is 11.3. The molecule has 0 unspecified atom stereocenters. The van der Waals surface area contributed by atoms with Crippen molar-refractivity contribution < 1.29 is 5.11 Å². The van der Waals surface area contributed by atoms with Crippen LogP contribution in [0.2, 0.25) is 0 Å². The van der Waals surface area contributed by atoms with Crippen LogP contribution in [0.4, 0.5) is 5.13 Å². The molecule has 1 aromatic heterocycles. The zero-order valence-electron chi connectivity index (χ0n) is 13.6. The number of nitrogens with zero attached hydrogens (tertiary/aromatic N) is 4. The molecule has 0 bridgehead atoms. The summed E-state index contributed by atoms with van der Waals surface area (Å²) in [6.45, 7) is 6.25. The van der Waals surface area contributed by atoms with Crippen molar-refractivity contribution in [2.75, 3.05) is 37.7 Å². The zero-order chi connectivity index (χ0) is 16.1. The van der Waals surface area contributed by atoms with E-state index in [-0.39, 0.29) is 6.61 Å². The minimum atomic E-state index is 0.247. The van der Waals surface area contributed by atoms with Crippen LogP contribution in [-0.2, 0) is 6.42 Å². The van der Waals surface area contributed by atoms with Crippen molar-refractivity contribution in [1.29, 1.82) is 0 Å². The Bertz CT molecular complexity index is 592. The fourth-order valence-corrected chi connectivity index (χ4v) is 3.92. The van der Waals surface area contributed by atoms with E-state index in [9.17, 15) is 5.11 Å². The van der Waals surface area contributed by atoms with Gasteiger partial charge in [-0.25, -0.2) is 0 Å². The maximum Gasteiger partial charge on any atom is 0.208 e. The molecule has 0 amide bonds. The van der Waals surface area contributed by atoms with Crippen LogP contribution in [0.1, 0.15) is 23.9 Å². The summed E-state index contributed by atoms with van der Waals surface area (Å²) in [6.07, 6.45) is 1.84. The molecule has 1 aliphatic rings. The van der Waals surface area contributed by atoms with Crippen molar-refractivity contribution in [1.82, 2.24) is 15.1 Å². The fourth-order valence-electron chi connectivity index (χ4n) is 3.00. The van der Waals surface area contributed by atoms with E-state index in [2.05, 4.69) is 51.2 Å². The van der Waals surface area contributed by atoms with E-state index in [4.69, 9.17) is 0 Å². The first-order valence-electron chi connectivity index (χ1n) is 8.26. The van der Waals surface area contributed by atoms with Crippen LogP contribution in [0, 0.1) is 0 Å². The second-order valence-electron chi connectivity index (χ2n) is 5.91. The van der Waals surface area contributed by atoms with Crippen LogP contribution in [0.25, 0.3) is 0 Å². The van der Waals surface area contributed by atoms with Crippen molar-refractivity contribution in [3.8, 4) is 0 Å². The highest BCUT2D eigenvalue weighted by molar-refractivity contribution is 7.15. The number of hydrogen-bond acceptors (Lipinski definition) is 6. The molecule has 0 saturated carbocycles. The van der Waals surface area contributed by atoms with Crippen molar-refractivity contribution in [2.24, 2.45) is 0 Å². The van der Waals surface area contributed by atoms with Gasteiger partial charge in [-0.2, -0.15) is 0 Å². The standard InChI is InChI=1S/C17H24N4OS/c1-2-15(13-22)20-8-10-21(11-9-20)17-19-18-16(23-17)12-14-6-4-3-5-7-14/h3-7,15,22H,2,8-13H2,1H3/t15-/m0/s1. The van der Waals surface area contributed by atoms with Crippen molar-refractivity contribution in [3.05, 3.63) is 40.9 Å². The number of aromatic nitrogens is 2. The van der Waals surface area contributed by atoms with E-state index in [1.165, 1.54) is 5.56 Å². The largest absolute Gasteiger partial charge is 0.395 e. The summed E-state index contributed by atoms with van der Waals surface area (Å²) in [5, 5.41) is 20.2. The first-order valence-corrected chi connectivity index (χ1v) is 9.08. The second kappa shape index (κ2) is 7.86. The lowest BCUT2D eigenvalue weighted by atomic mass is 10.2. The molecule has 3 rings (SSSR count). The highest BCUT2D eigenvalue weighted by Gasteiger charge is 2.24. The van der Waals surface area contributed by atoms with Gasteiger partial charge in [0.05, 0.1) is 6.61 Å². The molecule has 5 nitrogen and oxygen atoms in total. The maximum absolute atomic E-state index is 9.43. The molecule has 1 aliphatic heterocycles.